The quantitative estimate of drug-likeness (QED) is 0.597. The van der Waals surface area contributed by atoms with Crippen LogP contribution in [-0.2, 0) is 6.42 Å². The Morgan fingerprint density at radius 3 is 2.91 bits per heavy atom. The van der Waals surface area contributed by atoms with E-state index in [1.54, 1.807) is 11.3 Å². The van der Waals surface area contributed by atoms with Gasteiger partial charge in [-0.15, -0.1) is 11.3 Å². The number of aromatic nitrogens is 1. The van der Waals surface area contributed by atoms with Crippen molar-refractivity contribution >= 4 is 22.4 Å². The van der Waals surface area contributed by atoms with Crippen molar-refractivity contribution < 1.29 is 0 Å². The van der Waals surface area contributed by atoms with Crippen LogP contribution in [0.1, 0.15) is 38.3 Å². The summed E-state index contributed by atoms with van der Waals surface area (Å²) >= 11 is 1.78. The zero-order valence-corrected chi connectivity index (χ0v) is 14.3. The van der Waals surface area contributed by atoms with Gasteiger partial charge in [0, 0.05) is 44.5 Å². The minimum absolute atomic E-state index is 0.831. The summed E-state index contributed by atoms with van der Waals surface area (Å²) in [5.74, 6) is 1.78. The molecule has 2 heterocycles. The predicted octanol–water partition coefficient (Wildman–Crippen LogP) is 2.25. The molecule has 1 saturated carbocycles. The summed E-state index contributed by atoms with van der Waals surface area (Å²) in [6.45, 7) is 7.21. The van der Waals surface area contributed by atoms with Gasteiger partial charge < -0.3 is 15.5 Å². The number of thiazole rings is 1. The van der Waals surface area contributed by atoms with Gasteiger partial charge in [-0.05, 0) is 38.5 Å². The van der Waals surface area contributed by atoms with Crippen molar-refractivity contribution in [3.05, 3.63) is 11.1 Å². The Kier molecular flexibility index (Phi) is 5.53. The first-order valence-electron chi connectivity index (χ1n) is 8.56. The third-order valence-electron chi connectivity index (χ3n) is 4.14. The fraction of sp³-hybridized carbons (Fsp3) is 0.750. The van der Waals surface area contributed by atoms with E-state index in [0.29, 0.717) is 0 Å². The van der Waals surface area contributed by atoms with Gasteiger partial charge in [-0.25, -0.2) is 4.98 Å². The summed E-state index contributed by atoms with van der Waals surface area (Å²) in [7, 11) is 0. The van der Waals surface area contributed by atoms with Crippen LogP contribution >= 0.6 is 11.3 Å². The Balaban J connectivity index is 1.43. The van der Waals surface area contributed by atoms with Crippen molar-refractivity contribution in [1.82, 2.24) is 15.6 Å². The van der Waals surface area contributed by atoms with E-state index in [-0.39, 0.29) is 0 Å². The van der Waals surface area contributed by atoms with Gasteiger partial charge in [-0.1, -0.05) is 0 Å². The van der Waals surface area contributed by atoms with Crippen LogP contribution in [0.25, 0.3) is 0 Å². The molecule has 1 aliphatic carbocycles. The van der Waals surface area contributed by atoms with E-state index >= 15 is 0 Å². The van der Waals surface area contributed by atoms with Gasteiger partial charge in [0.05, 0.1) is 5.69 Å². The molecule has 1 saturated heterocycles. The molecule has 6 heteroatoms. The minimum Gasteiger partial charge on any atom is -0.357 e. The van der Waals surface area contributed by atoms with E-state index in [1.165, 1.54) is 49.6 Å². The highest BCUT2D eigenvalue weighted by atomic mass is 32.1. The molecule has 5 nitrogen and oxygen atoms in total. The molecule has 0 amide bonds. The largest absolute Gasteiger partial charge is 0.357 e. The molecule has 2 fully saturated rings. The number of nitrogens with zero attached hydrogens (tertiary/aromatic N) is 3. The highest BCUT2D eigenvalue weighted by Crippen LogP contribution is 2.28. The fourth-order valence-electron chi connectivity index (χ4n) is 2.64. The van der Waals surface area contributed by atoms with E-state index in [2.05, 4.69) is 32.8 Å². The molecule has 0 radical (unpaired) electrons. The van der Waals surface area contributed by atoms with Crippen molar-refractivity contribution in [3.63, 3.8) is 0 Å². The third kappa shape index (κ3) is 4.60. The zero-order valence-electron chi connectivity index (χ0n) is 13.5. The van der Waals surface area contributed by atoms with Gasteiger partial charge in [-0.3, -0.25) is 4.99 Å². The first-order chi connectivity index (χ1) is 10.8. The molecule has 0 spiro atoms. The van der Waals surface area contributed by atoms with Crippen LogP contribution < -0.4 is 15.5 Å². The van der Waals surface area contributed by atoms with E-state index in [9.17, 15) is 0 Å². The smallest absolute Gasteiger partial charge is 0.191 e. The lowest BCUT2D eigenvalue weighted by atomic mass is 10.3. The minimum atomic E-state index is 0.831. The van der Waals surface area contributed by atoms with Gasteiger partial charge in [-0.2, -0.15) is 0 Å². The van der Waals surface area contributed by atoms with Gasteiger partial charge in [0.2, 0.25) is 0 Å². The first kappa shape index (κ1) is 15.6. The zero-order chi connectivity index (χ0) is 15.2. The Morgan fingerprint density at radius 1 is 1.36 bits per heavy atom. The number of rotatable bonds is 7. The van der Waals surface area contributed by atoms with Gasteiger partial charge in [0.15, 0.2) is 11.1 Å². The molecular weight excluding hydrogens is 294 g/mol. The van der Waals surface area contributed by atoms with Gasteiger partial charge >= 0.3 is 0 Å². The lowest BCUT2D eigenvalue weighted by molar-refractivity contribution is 0.771. The van der Waals surface area contributed by atoms with Crippen LogP contribution in [-0.4, -0.2) is 43.7 Å². The highest BCUT2D eigenvalue weighted by Gasteiger charge is 2.20. The summed E-state index contributed by atoms with van der Waals surface area (Å²) in [4.78, 5) is 11.8. The molecule has 0 atom stereocenters. The second kappa shape index (κ2) is 7.81. The molecule has 0 unspecified atom stereocenters. The first-order valence-corrected chi connectivity index (χ1v) is 9.44. The van der Waals surface area contributed by atoms with Crippen molar-refractivity contribution in [3.8, 4) is 0 Å². The number of nitrogens with one attached hydrogen (secondary N) is 2. The van der Waals surface area contributed by atoms with E-state index in [4.69, 9.17) is 4.98 Å². The number of guanidine groups is 1. The molecule has 0 bridgehead atoms. The van der Waals surface area contributed by atoms with Crippen LogP contribution in [0.5, 0.6) is 0 Å². The van der Waals surface area contributed by atoms with Crippen molar-refractivity contribution in [2.24, 2.45) is 10.9 Å². The van der Waals surface area contributed by atoms with Crippen LogP contribution in [0, 0.1) is 5.92 Å². The standard InChI is InChI=1S/C16H27N5S/c1-2-17-15(19-11-13-5-6-13)18-8-7-14-12-22-16(20-14)21-9-3-4-10-21/h12-13H,2-11H2,1H3,(H2,17,18,19). The molecule has 3 rings (SSSR count). The summed E-state index contributed by atoms with van der Waals surface area (Å²) in [6.07, 6.45) is 6.26. The molecular formula is C16H27N5S. The Bertz CT molecular complexity index is 488. The van der Waals surface area contributed by atoms with Crippen LogP contribution in [0.15, 0.2) is 10.4 Å². The summed E-state index contributed by atoms with van der Waals surface area (Å²) in [5, 5.41) is 10.1. The molecule has 0 aromatic carbocycles. The summed E-state index contributed by atoms with van der Waals surface area (Å²) in [5.41, 5.74) is 1.19. The number of hydrogen-bond donors (Lipinski definition) is 2. The molecule has 22 heavy (non-hydrogen) atoms. The average molecular weight is 321 g/mol. The average Bonchev–Trinajstić information content (AvgIpc) is 3.01. The second-order valence-corrected chi connectivity index (χ2v) is 6.99. The van der Waals surface area contributed by atoms with Crippen molar-refractivity contribution in [1.29, 1.82) is 0 Å². The molecule has 2 aliphatic rings. The SMILES string of the molecule is CCNC(=NCC1CC1)NCCc1csc(N2CCCC2)n1. The molecule has 1 aromatic rings. The van der Waals surface area contributed by atoms with Gasteiger partial charge in [0.1, 0.15) is 0 Å². The number of hydrogen-bond acceptors (Lipinski definition) is 4. The van der Waals surface area contributed by atoms with E-state index in [1.807, 2.05) is 0 Å². The normalized spacial score (nSPS) is 18.8. The topological polar surface area (TPSA) is 52.6 Å². The van der Waals surface area contributed by atoms with Crippen LogP contribution in [0.3, 0.4) is 0 Å². The Hall–Kier alpha value is -1.30. The summed E-state index contributed by atoms with van der Waals surface area (Å²) in [6, 6.07) is 0. The Morgan fingerprint density at radius 2 is 2.18 bits per heavy atom. The number of anilines is 1. The summed E-state index contributed by atoms with van der Waals surface area (Å²) < 4.78 is 0. The van der Waals surface area contributed by atoms with Crippen molar-refractivity contribution in [2.75, 3.05) is 37.6 Å². The van der Waals surface area contributed by atoms with Gasteiger partial charge in [0.25, 0.3) is 0 Å². The third-order valence-corrected chi connectivity index (χ3v) is 5.09. The molecule has 2 N–H and O–H groups in total. The van der Waals surface area contributed by atoms with E-state index < -0.39 is 0 Å². The second-order valence-electron chi connectivity index (χ2n) is 6.16. The molecule has 1 aliphatic heterocycles. The molecule has 1 aromatic heterocycles. The van der Waals surface area contributed by atoms with E-state index in [0.717, 1.165) is 37.9 Å². The van der Waals surface area contributed by atoms with Crippen LogP contribution in [0.4, 0.5) is 5.13 Å². The maximum atomic E-state index is 4.76. The lowest BCUT2D eigenvalue weighted by Gasteiger charge is -2.12. The lowest BCUT2D eigenvalue weighted by Crippen LogP contribution is -2.38. The highest BCUT2D eigenvalue weighted by molar-refractivity contribution is 7.13. The Labute approximate surface area is 137 Å². The predicted molar refractivity (Wildman–Crippen MR) is 94.0 cm³/mol. The maximum Gasteiger partial charge on any atom is 0.191 e. The monoisotopic (exact) mass is 321 g/mol. The fourth-order valence-corrected chi connectivity index (χ4v) is 3.55. The molecule has 122 valence electrons. The number of aliphatic imine (C=N–C) groups is 1. The van der Waals surface area contributed by atoms with Crippen molar-refractivity contribution in [2.45, 2.75) is 39.0 Å². The maximum absolute atomic E-state index is 4.76. The van der Waals surface area contributed by atoms with Crippen LogP contribution in [0.2, 0.25) is 0 Å².